The molecule has 0 unspecified atom stereocenters. The number of rotatable bonds is 7. The molecule has 1 aromatic heterocycles. The largest absolute Gasteiger partial charge is 0.457 e. The second-order valence-electron chi connectivity index (χ2n) is 6.17. The fourth-order valence-corrected chi connectivity index (χ4v) is 2.62. The van der Waals surface area contributed by atoms with Gasteiger partial charge in [0.2, 0.25) is 0 Å². The Hall–Kier alpha value is -4.26. The van der Waals surface area contributed by atoms with Crippen molar-refractivity contribution in [1.82, 2.24) is 9.97 Å². The van der Waals surface area contributed by atoms with Crippen molar-refractivity contribution in [3.63, 3.8) is 0 Å². The van der Waals surface area contributed by atoms with E-state index in [0.717, 1.165) is 22.9 Å². The molecule has 29 heavy (non-hydrogen) atoms. The van der Waals surface area contributed by atoms with Gasteiger partial charge in [-0.2, -0.15) is 0 Å². The van der Waals surface area contributed by atoms with Gasteiger partial charge in [-0.1, -0.05) is 36.4 Å². The summed E-state index contributed by atoms with van der Waals surface area (Å²) in [6, 6.07) is 26.9. The van der Waals surface area contributed by atoms with Crippen molar-refractivity contribution in [2.24, 2.45) is 0 Å². The maximum Gasteiger partial charge on any atom is 0.173 e. The molecule has 4 aromatic rings. The number of benzene rings is 3. The number of ether oxygens (including phenoxy) is 1. The van der Waals surface area contributed by atoms with E-state index in [9.17, 15) is 0 Å². The smallest absolute Gasteiger partial charge is 0.173 e. The molecule has 0 aliphatic heterocycles. The second-order valence-corrected chi connectivity index (χ2v) is 6.17. The number of para-hydroxylation sites is 2. The number of nitrogen functional groups attached to an aromatic ring is 1. The number of nitrogens with two attached hydrogens (primary N) is 1. The van der Waals surface area contributed by atoms with Crippen LogP contribution in [0.1, 0.15) is 0 Å². The summed E-state index contributed by atoms with van der Waals surface area (Å²) in [6.07, 6.45) is 1.45. The Morgan fingerprint density at radius 2 is 1.24 bits per heavy atom. The van der Waals surface area contributed by atoms with Crippen molar-refractivity contribution < 1.29 is 4.74 Å². The molecule has 7 nitrogen and oxygen atoms in total. The highest BCUT2D eigenvalue weighted by Gasteiger charge is 2.08. The Bertz CT molecular complexity index is 1060. The normalized spacial score (nSPS) is 10.2. The van der Waals surface area contributed by atoms with Crippen LogP contribution in [0.4, 0.5) is 28.7 Å². The average Bonchev–Trinajstić information content (AvgIpc) is 2.77. The number of nitrogens with one attached hydrogen (secondary N) is 3. The first-order chi connectivity index (χ1) is 14.3. The number of aromatic nitrogens is 2. The van der Waals surface area contributed by atoms with Crippen molar-refractivity contribution in [2.75, 3.05) is 21.9 Å². The quantitative estimate of drug-likeness (QED) is 0.332. The van der Waals surface area contributed by atoms with Crippen LogP contribution in [-0.4, -0.2) is 9.97 Å². The summed E-state index contributed by atoms with van der Waals surface area (Å²) >= 11 is 0. The molecule has 5 N–H and O–H groups in total. The average molecular weight is 384 g/mol. The molecule has 1 heterocycles. The summed E-state index contributed by atoms with van der Waals surface area (Å²) in [5.41, 5.74) is 14.4. The molecule has 0 saturated heterocycles. The van der Waals surface area contributed by atoms with Crippen molar-refractivity contribution in [3.8, 4) is 11.5 Å². The van der Waals surface area contributed by atoms with Crippen LogP contribution in [-0.2, 0) is 0 Å². The Kier molecular flexibility index (Phi) is 5.39. The molecule has 0 bridgehead atoms. The lowest BCUT2D eigenvalue weighted by Crippen LogP contribution is -2.13. The van der Waals surface area contributed by atoms with Crippen molar-refractivity contribution in [3.05, 3.63) is 91.3 Å². The maximum atomic E-state index is 6.21. The van der Waals surface area contributed by atoms with Crippen LogP contribution in [0.2, 0.25) is 0 Å². The van der Waals surface area contributed by atoms with E-state index in [1.807, 2.05) is 84.9 Å². The van der Waals surface area contributed by atoms with Crippen LogP contribution < -0.4 is 26.6 Å². The predicted octanol–water partition coefficient (Wildman–Crippen LogP) is 5.03. The third-order valence-electron chi connectivity index (χ3n) is 4.08. The van der Waals surface area contributed by atoms with Crippen LogP contribution in [0.25, 0.3) is 0 Å². The summed E-state index contributed by atoms with van der Waals surface area (Å²) in [7, 11) is 0. The van der Waals surface area contributed by atoms with Crippen molar-refractivity contribution in [2.45, 2.75) is 0 Å². The van der Waals surface area contributed by atoms with E-state index in [2.05, 4.69) is 26.1 Å². The highest BCUT2D eigenvalue weighted by molar-refractivity contribution is 5.78. The standard InChI is InChI=1S/C22H20N6O/c23-20-21(24-15-25-22(20)28-27-17-7-3-1-4-8-17)26-16-11-13-19(14-12-16)29-18-9-5-2-6-10-18/h1-15,27H,23H2,(H2,24,25,26,28). The van der Waals surface area contributed by atoms with Crippen LogP contribution in [0.3, 0.4) is 0 Å². The van der Waals surface area contributed by atoms with Crippen LogP contribution in [0.5, 0.6) is 11.5 Å². The lowest BCUT2D eigenvalue weighted by atomic mass is 10.3. The predicted molar refractivity (Wildman–Crippen MR) is 116 cm³/mol. The Morgan fingerprint density at radius 3 is 1.97 bits per heavy atom. The minimum atomic E-state index is 0.403. The molecule has 0 spiro atoms. The number of nitrogens with zero attached hydrogens (tertiary/aromatic N) is 2. The fraction of sp³-hybridized carbons (Fsp3) is 0. The molecule has 0 atom stereocenters. The molecule has 4 rings (SSSR count). The van der Waals surface area contributed by atoms with E-state index < -0.39 is 0 Å². The van der Waals surface area contributed by atoms with Crippen LogP contribution >= 0.6 is 0 Å². The van der Waals surface area contributed by atoms with E-state index in [1.54, 1.807) is 0 Å². The highest BCUT2D eigenvalue weighted by atomic mass is 16.5. The van der Waals surface area contributed by atoms with Gasteiger partial charge in [-0.05, 0) is 48.5 Å². The fourth-order valence-electron chi connectivity index (χ4n) is 2.62. The van der Waals surface area contributed by atoms with E-state index >= 15 is 0 Å². The van der Waals surface area contributed by atoms with E-state index in [-0.39, 0.29) is 0 Å². The number of hydrazine groups is 1. The SMILES string of the molecule is Nc1c(NNc2ccccc2)ncnc1Nc1ccc(Oc2ccccc2)cc1. The van der Waals surface area contributed by atoms with E-state index in [1.165, 1.54) is 6.33 Å². The third-order valence-corrected chi connectivity index (χ3v) is 4.08. The summed E-state index contributed by atoms with van der Waals surface area (Å²) in [4.78, 5) is 8.42. The van der Waals surface area contributed by atoms with Crippen LogP contribution in [0, 0.1) is 0 Å². The van der Waals surface area contributed by atoms with E-state index in [4.69, 9.17) is 10.5 Å². The molecular formula is C22H20N6O. The molecule has 0 aliphatic rings. The topological polar surface area (TPSA) is 97.1 Å². The van der Waals surface area contributed by atoms with Gasteiger partial charge in [0, 0.05) is 5.69 Å². The Balaban J connectivity index is 1.42. The minimum Gasteiger partial charge on any atom is -0.457 e. The van der Waals surface area contributed by atoms with Gasteiger partial charge >= 0.3 is 0 Å². The molecular weight excluding hydrogens is 364 g/mol. The zero-order valence-corrected chi connectivity index (χ0v) is 15.5. The second kappa shape index (κ2) is 8.62. The first kappa shape index (κ1) is 18.1. The molecule has 3 aromatic carbocycles. The molecule has 0 saturated carbocycles. The van der Waals surface area contributed by atoms with Crippen molar-refractivity contribution >= 4 is 28.7 Å². The first-order valence-electron chi connectivity index (χ1n) is 9.05. The van der Waals surface area contributed by atoms with Crippen LogP contribution in [0.15, 0.2) is 91.3 Å². The summed E-state index contributed by atoms with van der Waals surface area (Å²) in [5.74, 6) is 2.52. The monoisotopic (exact) mass is 384 g/mol. The van der Waals surface area contributed by atoms with Gasteiger partial charge in [0.05, 0.1) is 5.69 Å². The number of hydrogen-bond acceptors (Lipinski definition) is 7. The van der Waals surface area contributed by atoms with Gasteiger partial charge in [-0.15, -0.1) is 0 Å². The highest BCUT2D eigenvalue weighted by Crippen LogP contribution is 2.28. The third kappa shape index (κ3) is 4.72. The first-order valence-corrected chi connectivity index (χ1v) is 9.05. The molecule has 0 fully saturated rings. The number of anilines is 5. The van der Waals surface area contributed by atoms with Gasteiger partial charge in [0.15, 0.2) is 11.6 Å². The van der Waals surface area contributed by atoms with Crippen molar-refractivity contribution in [1.29, 1.82) is 0 Å². The minimum absolute atomic E-state index is 0.403. The summed E-state index contributed by atoms with van der Waals surface area (Å²) < 4.78 is 5.80. The van der Waals surface area contributed by atoms with Gasteiger partial charge in [0.25, 0.3) is 0 Å². The maximum absolute atomic E-state index is 6.21. The van der Waals surface area contributed by atoms with Gasteiger partial charge < -0.3 is 15.8 Å². The van der Waals surface area contributed by atoms with E-state index in [0.29, 0.717) is 17.3 Å². The van der Waals surface area contributed by atoms with Gasteiger partial charge in [-0.25, -0.2) is 9.97 Å². The molecule has 0 radical (unpaired) electrons. The lowest BCUT2D eigenvalue weighted by molar-refractivity contribution is 0.483. The lowest BCUT2D eigenvalue weighted by Gasteiger charge is -2.14. The van der Waals surface area contributed by atoms with Gasteiger partial charge in [0.1, 0.15) is 23.5 Å². The summed E-state index contributed by atoms with van der Waals surface area (Å²) in [5, 5.41) is 3.20. The Labute approximate surface area is 168 Å². The number of hydrogen-bond donors (Lipinski definition) is 4. The molecule has 144 valence electrons. The molecule has 0 aliphatic carbocycles. The zero-order chi connectivity index (χ0) is 19.9. The van der Waals surface area contributed by atoms with Gasteiger partial charge in [-0.3, -0.25) is 10.9 Å². The molecule has 0 amide bonds. The molecule has 7 heteroatoms. The summed E-state index contributed by atoms with van der Waals surface area (Å²) in [6.45, 7) is 0. The zero-order valence-electron chi connectivity index (χ0n) is 15.5. The Morgan fingerprint density at radius 1 is 0.621 bits per heavy atom.